The van der Waals surface area contributed by atoms with Gasteiger partial charge in [0.2, 0.25) is 53.4 Å². The summed E-state index contributed by atoms with van der Waals surface area (Å²) >= 11 is 14.5. The van der Waals surface area contributed by atoms with E-state index in [9.17, 15) is 70.2 Å². The first-order chi connectivity index (χ1) is 64.4. The van der Waals surface area contributed by atoms with Crippen LogP contribution in [0.5, 0.6) is 46.0 Å². The van der Waals surface area contributed by atoms with Crippen molar-refractivity contribution in [3.05, 3.63) is 236 Å². The number of aliphatic hydroxyl groups is 6. The molecule has 706 valence electrons. The molecule has 0 radical (unpaired) electrons. The van der Waals surface area contributed by atoms with Crippen molar-refractivity contribution in [1.82, 2.24) is 42.1 Å². The number of aliphatic carboxylic acids is 1. The minimum Gasteiger partial charge on any atom is -0.508 e. The number of fused-ring (bicyclic) bond motifs is 21. The van der Waals surface area contributed by atoms with Crippen molar-refractivity contribution >= 4 is 82.7 Å². The molecule has 2 fully saturated rings. The fourth-order valence-corrected chi connectivity index (χ4v) is 18.8. The van der Waals surface area contributed by atoms with E-state index in [-0.39, 0.29) is 42.6 Å². The summed E-state index contributed by atoms with van der Waals surface area (Å²) in [4.78, 5) is 151. The molecular weight excluding hydrogens is 1800 g/mol. The molecule has 7 aliphatic heterocycles. The van der Waals surface area contributed by atoms with Crippen molar-refractivity contribution in [3.8, 4) is 79.4 Å². The number of ether oxygens (including phenoxy) is 8. The number of hydrogen-bond donors (Lipinski definition) is 18. The normalized spacial score (nSPS) is 25.5. The van der Waals surface area contributed by atoms with E-state index in [0.717, 1.165) is 122 Å². The van der Waals surface area contributed by atoms with Crippen LogP contribution in [0, 0.1) is 5.92 Å². The maximum absolute atomic E-state index is 16.5. The Morgan fingerprint density at radius 2 is 1.13 bits per heavy atom. The third-order valence-electron chi connectivity index (χ3n) is 25.2. The molecule has 135 heavy (non-hydrogen) atoms. The Kier molecular flexibility index (Phi) is 27.1. The Balaban J connectivity index is 0.816. The van der Waals surface area contributed by atoms with Gasteiger partial charge in [0.1, 0.15) is 115 Å². The second-order valence-corrected chi connectivity index (χ2v) is 35.5. The van der Waals surface area contributed by atoms with E-state index in [1.807, 2.05) is 97.1 Å². The van der Waals surface area contributed by atoms with Gasteiger partial charge in [0.25, 0.3) is 0 Å². The number of aliphatic hydroxyl groups excluding tert-OH is 6. The highest BCUT2D eigenvalue weighted by Gasteiger charge is 2.54. The van der Waals surface area contributed by atoms with Gasteiger partial charge in [-0.2, -0.15) is 0 Å². The SMILES string of the molecule is CC(C)C[C@H](C(=O)N[C@H]1C(=O)N[C@@H](CC(N)=O)C(=O)N[C@H]2C(=O)N[C@H]3C(=O)N[C@H](C(=O)N[C@H](C(=O)O)c4cc(O)cc(O)c4-c4cc3ccc4O)[C@H](O)c3ccc(c(Cl)c3)Oc3cc2cc(c3O[C@@H]2O[C@H](CO)[C@@H](O)[C@H](O)[C@H]2O[C@H]2C[C@](C)(NC(=O)OCC3c4ccccc4-c4ccccc43)[C@H](O)[C@H](C)O2)Oc2ccc(cc2Cl)[C@H]1O)N(C)C(=O)OCC1c2ccccc2-c2ccccc21. The molecule has 18 rings (SSSR count). The molecule has 0 saturated carbocycles. The number of rotatable bonds is 18. The van der Waals surface area contributed by atoms with E-state index < -0.39 is 278 Å². The summed E-state index contributed by atoms with van der Waals surface area (Å²) in [6, 6.07) is 28.3. The zero-order valence-corrected chi connectivity index (χ0v) is 74.1. The quantitative estimate of drug-likeness (QED) is 0.0399. The van der Waals surface area contributed by atoms with E-state index in [2.05, 4.69) is 37.2 Å². The van der Waals surface area contributed by atoms with E-state index in [0.29, 0.717) is 0 Å². The molecule has 0 aromatic heterocycles. The third-order valence-corrected chi connectivity index (χ3v) is 25.8. The first-order valence-electron chi connectivity index (χ1n) is 43.1. The average molecular weight is 1890 g/mol. The number of carboxylic acid groups (broad SMARTS) is 1. The molecule has 9 amide bonds. The van der Waals surface area contributed by atoms with Gasteiger partial charge >= 0.3 is 18.2 Å². The van der Waals surface area contributed by atoms with Gasteiger partial charge < -0.3 is 132 Å². The monoisotopic (exact) mass is 1890 g/mol. The molecule has 39 heteroatoms. The number of nitrogens with zero attached hydrogens (tertiary/aromatic N) is 1. The van der Waals surface area contributed by atoms with Crippen molar-refractivity contribution in [2.24, 2.45) is 11.7 Å². The number of nitrogens with one attached hydrogen (secondary N) is 7. The van der Waals surface area contributed by atoms with Crippen molar-refractivity contribution in [2.75, 3.05) is 26.9 Å². The Morgan fingerprint density at radius 3 is 1.68 bits per heavy atom. The number of hydrogen-bond acceptors (Lipinski definition) is 27. The van der Waals surface area contributed by atoms with Gasteiger partial charge in [-0.05, 0) is 148 Å². The lowest BCUT2D eigenvalue weighted by Crippen LogP contribution is -2.66. The lowest BCUT2D eigenvalue weighted by molar-refractivity contribution is -0.334. The fourth-order valence-electron chi connectivity index (χ4n) is 18.3. The van der Waals surface area contributed by atoms with E-state index in [4.69, 9.17) is 66.8 Å². The van der Waals surface area contributed by atoms with Crippen LogP contribution < -0.4 is 57.2 Å². The number of phenols is 3. The van der Waals surface area contributed by atoms with E-state index in [1.54, 1.807) is 13.8 Å². The predicted octanol–water partition coefficient (Wildman–Crippen LogP) is 7.35. The molecule has 2 saturated heterocycles. The fraction of sp³-hybridized carbons (Fsp3) is 0.333. The zero-order chi connectivity index (χ0) is 96.2. The second kappa shape index (κ2) is 38.7. The third kappa shape index (κ3) is 19.0. The summed E-state index contributed by atoms with van der Waals surface area (Å²) < 4.78 is 51.5. The van der Waals surface area contributed by atoms with Crippen LogP contribution in [0.3, 0.4) is 0 Å². The highest BCUT2D eigenvalue weighted by atomic mass is 35.5. The molecule has 9 aromatic rings. The highest BCUT2D eigenvalue weighted by Crippen LogP contribution is 2.52. The lowest BCUT2D eigenvalue weighted by Gasteiger charge is -2.48. The minimum absolute atomic E-state index is 0.109. The maximum Gasteiger partial charge on any atom is 0.410 e. The van der Waals surface area contributed by atoms with Gasteiger partial charge in [-0.25, -0.2) is 14.4 Å². The second-order valence-electron chi connectivity index (χ2n) is 34.7. The number of alkyl carbamates (subject to hydrolysis) is 1. The van der Waals surface area contributed by atoms with Gasteiger partial charge in [0, 0.05) is 48.1 Å². The van der Waals surface area contributed by atoms with Crippen molar-refractivity contribution < 1.29 is 137 Å². The van der Waals surface area contributed by atoms with Crippen molar-refractivity contribution in [2.45, 2.75) is 168 Å². The molecule has 2 aliphatic carbocycles. The van der Waals surface area contributed by atoms with Crippen LogP contribution in [0.15, 0.2) is 176 Å². The zero-order valence-electron chi connectivity index (χ0n) is 72.6. The molecule has 0 unspecified atom stereocenters. The number of likely N-dealkylation sites (N-methyl/N-ethyl adjacent to an activating group) is 1. The van der Waals surface area contributed by atoms with Crippen LogP contribution in [-0.4, -0.2) is 221 Å². The molecule has 19 N–H and O–H groups in total. The number of halogens is 2. The molecule has 9 aliphatic rings. The number of carbonyl (C=O) groups excluding carboxylic acids is 9. The van der Waals surface area contributed by atoms with Crippen LogP contribution in [0.1, 0.15) is 139 Å². The predicted molar refractivity (Wildman–Crippen MR) is 477 cm³/mol. The van der Waals surface area contributed by atoms with Crippen molar-refractivity contribution in [1.29, 1.82) is 0 Å². The Morgan fingerprint density at radius 1 is 0.585 bits per heavy atom. The summed E-state index contributed by atoms with van der Waals surface area (Å²) in [6.45, 7) is 5.02. The summed E-state index contributed by atoms with van der Waals surface area (Å²) in [6.07, 6.45) is -22.8. The summed E-state index contributed by atoms with van der Waals surface area (Å²) in [5, 5.41) is 134. The van der Waals surface area contributed by atoms with Crippen molar-refractivity contribution in [3.63, 3.8) is 0 Å². The molecule has 11 bridgehead atoms. The highest BCUT2D eigenvalue weighted by molar-refractivity contribution is 6.32. The number of amides is 9. The Bertz CT molecular complexity index is 6120. The summed E-state index contributed by atoms with van der Waals surface area (Å²) in [5.41, 5.74) is 8.33. The lowest BCUT2D eigenvalue weighted by atomic mass is 9.85. The molecule has 37 nitrogen and oxygen atoms in total. The van der Waals surface area contributed by atoms with Gasteiger partial charge in [-0.1, -0.05) is 152 Å². The van der Waals surface area contributed by atoms with E-state index in [1.165, 1.54) is 27.0 Å². The first kappa shape index (κ1) is 94.5. The topological polar surface area (TPSA) is 560 Å². The van der Waals surface area contributed by atoms with Gasteiger partial charge in [-0.3, -0.25) is 38.5 Å². The molecule has 18 atom stereocenters. The number of carbonyl (C=O) groups is 10. The maximum atomic E-state index is 16.5. The Labute approximate surface area is 779 Å². The van der Waals surface area contributed by atoms with Crippen LogP contribution in [0.2, 0.25) is 10.0 Å². The molecule has 0 spiro atoms. The number of phenolic OH excluding ortho intramolecular Hbond substituents is 3. The van der Waals surface area contributed by atoms with Gasteiger partial charge in [-0.15, -0.1) is 0 Å². The number of aromatic hydroxyl groups is 3. The van der Waals surface area contributed by atoms with E-state index >= 15 is 28.8 Å². The first-order valence-corrected chi connectivity index (χ1v) is 43.9. The number of primary amides is 1. The standard InChI is InChI=1S/C96H95Cl2N9O28/c1-41(2)28-63(107(5)95(127)129-40-59-54-20-12-8-16-50(54)51-17-9-13-21-55(51)59)87(119)104-77-79(113)44-23-26-66(60(97)30-44)131-68-32-46-33-69(83(68)135-93-84(82(116)81(115)70(38-108)133-93)134-72-37-96(4,85(117)42(3)130-72)106-94(126)128-39-58-52-18-10-6-14-48(52)49-15-7-11-19-53(49)58)132-67-27-24-45(31-61(67)98)80(114)78-91(123)103-76(92(124)125)57-34-47(109)35-65(111)73(57)56-29-43(22-25-64(56)110)74(88(120)105-78)102-89(121)75(46)101-86(118)62(36-71(99)112)100-90(77)122/h6-27,29-35,41-42,58-59,62-63,70,72,74-82,84-85,93,108-111,113-117H,28,36-40H2,1-5H3,(H2,99,112)(H,100,122)(H,101,118)(H,102,121)(H,103,123)(H,104,119)(H,105,120)(H,106,126)(H,124,125)/t42-,62-,63+,70+,72-,74+,75+,76-,77+,78-,79+,80+,81+,82-,84+,85+,93-,96-/m0/s1. The average Bonchev–Trinajstić information content (AvgIpc) is 1.72. The minimum atomic E-state index is -2.46. The number of carboxylic acids is 1. The number of benzene rings is 9. The Hall–Kier alpha value is -13.7. The van der Waals surface area contributed by atoms with Crippen LogP contribution in [0.25, 0.3) is 33.4 Å². The molecular formula is C96H95Cl2N9O28. The summed E-state index contributed by atoms with van der Waals surface area (Å²) in [5.74, 6) is -18.2. The molecule has 7 heterocycles. The molecule has 9 aromatic carbocycles. The van der Waals surface area contributed by atoms with Crippen LogP contribution in [0.4, 0.5) is 9.59 Å². The smallest absolute Gasteiger partial charge is 0.410 e. The van der Waals surface area contributed by atoms with Gasteiger partial charge in [0.05, 0.1) is 34.7 Å². The largest absolute Gasteiger partial charge is 0.508 e. The number of nitrogens with two attached hydrogens (primary N) is 1. The summed E-state index contributed by atoms with van der Waals surface area (Å²) in [7, 11) is 1.29. The van der Waals surface area contributed by atoms with Crippen LogP contribution >= 0.6 is 23.2 Å². The van der Waals surface area contributed by atoms with Crippen LogP contribution in [-0.2, 0) is 62.0 Å². The van der Waals surface area contributed by atoms with Gasteiger partial charge in [0.15, 0.2) is 29.9 Å².